The summed E-state index contributed by atoms with van der Waals surface area (Å²) in [6, 6.07) is -1.12. The second kappa shape index (κ2) is 2.94. The summed E-state index contributed by atoms with van der Waals surface area (Å²) in [5, 5.41) is 12.2. The fourth-order valence-corrected chi connectivity index (χ4v) is 0.835. The highest BCUT2D eigenvalue weighted by Gasteiger charge is 2.22. The lowest BCUT2D eigenvalue weighted by molar-refractivity contribution is -0.139. The van der Waals surface area contributed by atoms with E-state index in [0.717, 1.165) is 0 Å². The lowest BCUT2D eigenvalue weighted by Gasteiger charge is -2.01. The van der Waals surface area contributed by atoms with E-state index in [4.69, 9.17) is 15.4 Å². The Bertz CT molecular complexity index is 306. The van der Waals surface area contributed by atoms with Gasteiger partial charge in [0, 0.05) is 5.56 Å². The van der Waals surface area contributed by atoms with Crippen LogP contribution in [0, 0.1) is 13.8 Å². The van der Waals surface area contributed by atoms with Crippen molar-refractivity contribution in [2.24, 2.45) is 5.73 Å². The van der Waals surface area contributed by atoms with Crippen LogP contribution in [-0.4, -0.2) is 16.2 Å². The first-order valence-electron chi connectivity index (χ1n) is 3.45. The molecule has 0 amide bonds. The number of nitrogens with two attached hydrogens (primary N) is 1. The molecule has 0 aliphatic carbocycles. The fourth-order valence-electron chi connectivity index (χ4n) is 0.835. The van der Waals surface area contributed by atoms with Gasteiger partial charge < -0.3 is 15.4 Å². The summed E-state index contributed by atoms with van der Waals surface area (Å²) < 4.78 is 4.76. The highest BCUT2D eigenvalue weighted by molar-refractivity contribution is 5.74. The minimum atomic E-state index is -1.12. The van der Waals surface area contributed by atoms with Gasteiger partial charge in [-0.1, -0.05) is 5.16 Å². The molecule has 1 unspecified atom stereocenters. The van der Waals surface area contributed by atoms with E-state index in [0.29, 0.717) is 11.3 Å². The van der Waals surface area contributed by atoms with Gasteiger partial charge in [0.05, 0.1) is 5.69 Å². The van der Waals surface area contributed by atoms with Gasteiger partial charge in [0.25, 0.3) is 0 Å². The highest BCUT2D eigenvalue weighted by Crippen LogP contribution is 2.17. The van der Waals surface area contributed by atoms with Crippen molar-refractivity contribution in [1.82, 2.24) is 5.16 Å². The summed E-state index contributed by atoms with van der Waals surface area (Å²) in [5.74, 6) is -0.894. The maximum Gasteiger partial charge on any atom is 0.328 e. The van der Waals surface area contributed by atoms with E-state index in [1.165, 1.54) is 0 Å². The molecule has 12 heavy (non-hydrogen) atoms. The van der Waals surface area contributed by atoms with E-state index in [-0.39, 0.29) is 5.76 Å². The average molecular weight is 170 g/mol. The molecule has 1 aromatic rings. The summed E-state index contributed by atoms with van der Waals surface area (Å²) in [4.78, 5) is 10.4. The third kappa shape index (κ3) is 1.31. The second-order valence-electron chi connectivity index (χ2n) is 2.57. The maximum absolute atomic E-state index is 10.4. The molecule has 0 aliphatic heterocycles. The van der Waals surface area contributed by atoms with Crippen LogP contribution in [0.5, 0.6) is 0 Å². The molecule has 1 aromatic heterocycles. The zero-order valence-electron chi connectivity index (χ0n) is 6.87. The normalized spacial score (nSPS) is 12.9. The lowest BCUT2D eigenvalue weighted by Crippen LogP contribution is -2.20. The smallest absolute Gasteiger partial charge is 0.328 e. The molecule has 1 heterocycles. The van der Waals surface area contributed by atoms with Crippen LogP contribution in [0.2, 0.25) is 0 Å². The maximum atomic E-state index is 10.4. The lowest BCUT2D eigenvalue weighted by atomic mass is 10.1. The fraction of sp³-hybridized carbons (Fsp3) is 0.429. The number of carboxylic acid groups (broad SMARTS) is 1. The largest absolute Gasteiger partial charge is 0.480 e. The molecule has 3 N–H and O–H groups in total. The van der Waals surface area contributed by atoms with Crippen LogP contribution in [-0.2, 0) is 4.79 Å². The summed E-state index contributed by atoms with van der Waals surface area (Å²) in [7, 11) is 0. The first-order chi connectivity index (χ1) is 5.54. The van der Waals surface area contributed by atoms with Gasteiger partial charge in [-0.3, -0.25) is 4.79 Å². The number of aryl methyl sites for hydroxylation is 1. The number of aliphatic carboxylic acids is 1. The van der Waals surface area contributed by atoms with Crippen LogP contribution in [0.15, 0.2) is 4.52 Å². The Morgan fingerprint density at radius 3 is 2.58 bits per heavy atom. The van der Waals surface area contributed by atoms with Crippen molar-refractivity contribution in [3.63, 3.8) is 0 Å². The molecule has 1 atom stereocenters. The van der Waals surface area contributed by atoms with Crippen molar-refractivity contribution in [2.75, 3.05) is 0 Å². The molecule has 0 aromatic carbocycles. The van der Waals surface area contributed by atoms with Crippen molar-refractivity contribution in [3.8, 4) is 0 Å². The van der Waals surface area contributed by atoms with Gasteiger partial charge in [-0.25, -0.2) is 0 Å². The van der Waals surface area contributed by atoms with Crippen LogP contribution in [0.4, 0.5) is 0 Å². The number of carbonyl (C=O) groups is 1. The molecule has 0 aliphatic rings. The molecule has 0 spiro atoms. The predicted molar refractivity (Wildman–Crippen MR) is 40.5 cm³/mol. The van der Waals surface area contributed by atoms with E-state index < -0.39 is 12.0 Å². The molecular weight excluding hydrogens is 160 g/mol. The minimum absolute atomic E-state index is 0.222. The Kier molecular flexibility index (Phi) is 2.14. The quantitative estimate of drug-likeness (QED) is 0.669. The molecule has 0 bridgehead atoms. The zero-order valence-corrected chi connectivity index (χ0v) is 6.87. The number of aromatic nitrogens is 1. The predicted octanol–water partition coefficient (Wildman–Crippen LogP) is 0.376. The van der Waals surface area contributed by atoms with E-state index in [1.54, 1.807) is 13.8 Å². The number of nitrogens with zero attached hydrogens (tertiary/aromatic N) is 1. The molecule has 66 valence electrons. The van der Waals surface area contributed by atoms with Gasteiger partial charge >= 0.3 is 5.97 Å². The van der Waals surface area contributed by atoms with Gasteiger partial charge in [-0.05, 0) is 13.8 Å². The first-order valence-corrected chi connectivity index (χ1v) is 3.45. The summed E-state index contributed by atoms with van der Waals surface area (Å²) in [5.41, 5.74) is 6.69. The van der Waals surface area contributed by atoms with Crippen molar-refractivity contribution >= 4 is 5.97 Å². The van der Waals surface area contributed by atoms with Crippen molar-refractivity contribution in [3.05, 3.63) is 17.0 Å². The van der Waals surface area contributed by atoms with Crippen LogP contribution in [0.1, 0.15) is 23.1 Å². The third-order valence-corrected chi connectivity index (χ3v) is 1.74. The summed E-state index contributed by atoms with van der Waals surface area (Å²) in [6.07, 6.45) is 0. The minimum Gasteiger partial charge on any atom is -0.480 e. The number of hydrogen-bond acceptors (Lipinski definition) is 4. The molecule has 0 radical (unpaired) electrons. The SMILES string of the molecule is Cc1noc(C(N)C(=O)O)c1C. The van der Waals surface area contributed by atoms with Gasteiger partial charge in [-0.15, -0.1) is 0 Å². The van der Waals surface area contributed by atoms with Crippen molar-refractivity contribution < 1.29 is 14.4 Å². The van der Waals surface area contributed by atoms with E-state index in [2.05, 4.69) is 5.16 Å². The van der Waals surface area contributed by atoms with Crippen LogP contribution >= 0.6 is 0 Å². The zero-order chi connectivity index (χ0) is 9.30. The van der Waals surface area contributed by atoms with Crippen molar-refractivity contribution in [1.29, 1.82) is 0 Å². The molecule has 0 saturated heterocycles. The number of carboxylic acids is 1. The Morgan fingerprint density at radius 2 is 2.25 bits per heavy atom. The standard InChI is InChI=1S/C7H10N2O3/c1-3-4(2)9-12-6(3)5(8)7(10)11/h5H,8H2,1-2H3,(H,10,11). The van der Waals surface area contributed by atoms with Crippen LogP contribution in [0.25, 0.3) is 0 Å². The molecule has 5 nitrogen and oxygen atoms in total. The van der Waals surface area contributed by atoms with Gasteiger partial charge in [0.15, 0.2) is 11.8 Å². The Morgan fingerprint density at radius 1 is 1.67 bits per heavy atom. The van der Waals surface area contributed by atoms with Crippen LogP contribution in [0.3, 0.4) is 0 Å². The summed E-state index contributed by atoms with van der Waals surface area (Å²) >= 11 is 0. The topological polar surface area (TPSA) is 89.4 Å². The Hall–Kier alpha value is -1.36. The molecule has 0 saturated carbocycles. The average Bonchev–Trinajstić information content (AvgIpc) is 2.32. The molecule has 0 fully saturated rings. The molecular formula is C7H10N2O3. The van der Waals surface area contributed by atoms with E-state index in [1.807, 2.05) is 0 Å². The van der Waals surface area contributed by atoms with E-state index >= 15 is 0 Å². The molecule has 5 heteroatoms. The second-order valence-corrected chi connectivity index (χ2v) is 2.57. The Labute approximate surface area is 69.2 Å². The van der Waals surface area contributed by atoms with Gasteiger partial charge in [0.2, 0.25) is 0 Å². The number of rotatable bonds is 2. The Balaban J connectivity index is 3.03. The first kappa shape index (κ1) is 8.73. The van der Waals surface area contributed by atoms with Gasteiger partial charge in [-0.2, -0.15) is 0 Å². The highest BCUT2D eigenvalue weighted by atomic mass is 16.5. The van der Waals surface area contributed by atoms with E-state index in [9.17, 15) is 4.79 Å². The monoisotopic (exact) mass is 170 g/mol. The van der Waals surface area contributed by atoms with Crippen molar-refractivity contribution in [2.45, 2.75) is 19.9 Å². The summed E-state index contributed by atoms with van der Waals surface area (Å²) in [6.45, 7) is 3.46. The van der Waals surface area contributed by atoms with Crippen LogP contribution < -0.4 is 5.73 Å². The number of hydrogen-bond donors (Lipinski definition) is 2. The van der Waals surface area contributed by atoms with Gasteiger partial charge in [0.1, 0.15) is 0 Å². The molecule has 1 rings (SSSR count). The third-order valence-electron chi connectivity index (χ3n) is 1.74.